The Kier molecular flexibility index (Phi) is 7.18. The lowest BCUT2D eigenvalue weighted by atomic mass is 9.92. The maximum absolute atomic E-state index is 14.1. The summed E-state index contributed by atoms with van der Waals surface area (Å²) in [5.41, 5.74) is 4.32. The van der Waals surface area contributed by atoms with Gasteiger partial charge in [0.05, 0.1) is 12.2 Å². The van der Waals surface area contributed by atoms with Crippen molar-refractivity contribution >= 4 is 17.5 Å². The Morgan fingerprint density at radius 3 is 2.14 bits per heavy atom. The molecule has 194 valence electrons. The smallest absolute Gasteiger partial charge is 0.277 e. The molecule has 0 unspecified atom stereocenters. The van der Waals surface area contributed by atoms with Gasteiger partial charge in [-0.2, -0.15) is 5.10 Å². The number of nitrogens with zero attached hydrogens (tertiary/aromatic N) is 3. The van der Waals surface area contributed by atoms with E-state index in [-0.39, 0.29) is 17.9 Å². The Morgan fingerprint density at radius 1 is 0.946 bits per heavy atom. The molecular weight excluding hydrogens is 460 g/mol. The molecule has 0 saturated heterocycles. The van der Waals surface area contributed by atoms with E-state index in [2.05, 4.69) is 43.4 Å². The molecule has 1 fully saturated rings. The van der Waals surface area contributed by atoms with Crippen LogP contribution in [0.3, 0.4) is 0 Å². The highest BCUT2D eigenvalue weighted by Gasteiger charge is 2.49. The van der Waals surface area contributed by atoms with Gasteiger partial charge in [-0.15, -0.1) is 0 Å². The minimum absolute atomic E-state index is 0.109. The Morgan fingerprint density at radius 2 is 1.54 bits per heavy atom. The third kappa shape index (κ3) is 4.94. The normalized spacial score (nSPS) is 20.4. The van der Waals surface area contributed by atoms with Gasteiger partial charge in [-0.3, -0.25) is 19.2 Å². The molecule has 1 aliphatic heterocycles. The summed E-state index contributed by atoms with van der Waals surface area (Å²) in [6.07, 6.45) is 8.57. The molecule has 37 heavy (non-hydrogen) atoms. The minimum atomic E-state index is -1.10. The molecule has 2 amide bonds. The molecule has 2 aliphatic rings. The number of carbonyl (C=O) groups excluding carboxylic acids is 2. The van der Waals surface area contributed by atoms with Crippen LogP contribution in [0.25, 0.3) is 11.3 Å². The first-order chi connectivity index (χ1) is 17.9. The second kappa shape index (κ2) is 10.5. The molecule has 1 atom stereocenters. The summed E-state index contributed by atoms with van der Waals surface area (Å²) < 4.78 is 1.73. The van der Waals surface area contributed by atoms with E-state index in [0.717, 1.165) is 55.5 Å². The molecule has 0 bridgehead atoms. The molecule has 2 aromatic carbocycles. The number of benzene rings is 2. The highest BCUT2D eigenvalue weighted by molar-refractivity contribution is 6.12. The Hall–Kier alpha value is -3.41. The molecule has 6 nitrogen and oxygen atoms in total. The van der Waals surface area contributed by atoms with E-state index in [9.17, 15) is 9.59 Å². The van der Waals surface area contributed by atoms with Crippen molar-refractivity contribution in [2.75, 3.05) is 4.90 Å². The lowest BCUT2D eigenvalue weighted by Crippen LogP contribution is -2.65. The number of amides is 2. The molecule has 0 spiro atoms. The van der Waals surface area contributed by atoms with Crippen LogP contribution in [0, 0.1) is 0 Å². The highest BCUT2D eigenvalue weighted by Crippen LogP contribution is 2.35. The van der Waals surface area contributed by atoms with Crippen molar-refractivity contribution in [1.29, 1.82) is 0 Å². The van der Waals surface area contributed by atoms with Crippen LogP contribution < -0.4 is 10.2 Å². The number of hydrogen-bond donors (Lipinski definition) is 1. The Balaban J connectivity index is 1.53. The summed E-state index contributed by atoms with van der Waals surface area (Å²) in [5.74, 6) is -0.305. The van der Waals surface area contributed by atoms with E-state index in [1.165, 1.54) is 24.0 Å². The fraction of sp³-hybridized carbons (Fsp3) is 0.452. The van der Waals surface area contributed by atoms with Gasteiger partial charge in [0.25, 0.3) is 5.91 Å². The van der Waals surface area contributed by atoms with Crippen molar-refractivity contribution in [3.8, 4) is 11.3 Å². The SMILES string of the molecule is CCc1ccc(-c2cc3n(n2)C[C@@](C)(C(=O)NC2CCCCCC2)N(c2ccc(CC)cc2)C3=O)cc1. The minimum Gasteiger partial charge on any atom is -0.351 e. The third-order valence-electron chi connectivity index (χ3n) is 8.09. The average molecular weight is 499 g/mol. The molecule has 5 rings (SSSR count). The van der Waals surface area contributed by atoms with Crippen molar-refractivity contribution in [3.05, 3.63) is 71.4 Å². The maximum Gasteiger partial charge on any atom is 0.277 e. The lowest BCUT2D eigenvalue weighted by Gasteiger charge is -2.43. The Bertz CT molecular complexity index is 1250. The summed E-state index contributed by atoms with van der Waals surface area (Å²) in [5, 5.41) is 8.13. The van der Waals surface area contributed by atoms with Gasteiger partial charge in [0, 0.05) is 17.3 Å². The topological polar surface area (TPSA) is 67.2 Å². The van der Waals surface area contributed by atoms with E-state index in [1.807, 2.05) is 37.3 Å². The van der Waals surface area contributed by atoms with E-state index in [0.29, 0.717) is 12.2 Å². The van der Waals surface area contributed by atoms with Gasteiger partial charge < -0.3 is 5.32 Å². The van der Waals surface area contributed by atoms with Gasteiger partial charge >= 0.3 is 0 Å². The number of nitrogens with one attached hydrogen (secondary N) is 1. The Labute approximate surface area is 220 Å². The van der Waals surface area contributed by atoms with Crippen LogP contribution in [0.5, 0.6) is 0 Å². The molecule has 2 heterocycles. The first-order valence-corrected chi connectivity index (χ1v) is 13.8. The monoisotopic (exact) mass is 498 g/mol. The lowest BCUT2D eigenvalue weighted by molar-refractivity contribution is -0.127. The summed E-state index contributed by atoms with van der Waals surface area (Å²) in [4.78, 5) is 29.7. The number of aromatic nitrogens is 2. The van der Waals surface area contributed by atoms with Crippen LogP contribution in [-0.2, 0) is 24.2 Å². The predicted molar refractivity (Wildman–Crippen MR) is 148 cm³/mol. The van der Waals surface area contributed by atoms with Crippen molar-refractivity contribution in [3.63, 3.8) is 0 Å². The van der Waals surface area contributed by atoms with E-state index in [4.69, 9.17) is 5.10 Å². The van der Waals surface area contributed by atoms with E-state index < -0.39 is 5.54 Å². The van der Waals surface area contributed by atoms with Gasteiger partial charge in [0.2, 0.25) is 5.91 Å². The fourth-order valence-corrected chi connectivity index (χ4v) is 5.68. The number of aryl methyl sites for hydroxylation is 2. The van der Waals surface area contributed by atoms with Crippen molar-refractivity contribution in [2.24, 2.45) is 0 Å². The van der Waals surface area contributed by atoms with Gasteiger partial charge in [-0.25, -0.2) is 0 Å². The van der Waals surface area contributed by atoms with Gasteiger partial charge in [0.15, 0.2) is 0 Å². The molecule has 1 aliphatic carbocycles. The quantitative estimate of drug-likeness (QED) is 0.428. The number of carbonyl (C=O) groups is 2. The second-order valence-corrected chi connectivity index (χ2v) is 10.7. The third-order valence-corrected chi connectivity index (χ3v) is 8.09. The molecule has 1 aromatic heterocycles. The van der Waals surface area contributed by atoms with Crippen LogP contribution in [0.4, 0.5) is 5.69 Å². The largest absolute Gasteiger partial charge is 0.351 e. The first kappa shape index (κ1) is 25.2. The van der Waals surface area contributed by atoms with Gasteiger partial charge in [0.1, 0.15) is 11.2 Å². The predicted octanol–water partition coefficient (Wildman–Crippen LogP) is 5.93. The second-order valence-electron chi connectivity index (χ2n) is 10.7. The van der Waals surface area contributed by atoms with Crippen LogP contribution in [0.15, 0.2) is 54.6 Å². The molecule has 1 saturated carbocycles. The van der Waals surface area contributed by atoms with Crippen molar-refractivity contribution < 1.29 is 9.59 Å². The highest BCUT2D eigenvalue weighted by atomic mass is 16.2. The van der Waals surface area contributed by atoms with Crippen LogP contribution >= 0.6 is 0 Å². The molecule has 0 radical (unpaired) electrons. The van der Waals surface area contributed by atoms with Crippen LogP contribution in [-0.4, -0.2) is 33.2 Å². The number of fused-ring (bicyclic) bond motifs is 1. The zero-order chi connectivity index (χ0) is 26.0. The number of hydrogen-bond acceptors (Lipinski definition) is 3. The number of anilines is 1. The van der Waals surface area contributed by atoms with Crippen LogP contribution in [0.1, 0.15) is 80.9 Å². The molecule has 6 heteroatoms. The molecule has 1 N–H and O–H groups in total. The van der Waals surface area contributed by atoms with E-state index in [1.54, 1.807) is 9.58 Å². The van der Waals surface area contributed by atoms with Crippen molar-refractivity contribution in [1.82, 2.24) is 15.1 Å². The molecule has 3 aromatic rings. The van der Waals surface area contributed by atoms with Gasteiger partial charge in [-0.05, 0) is 61.9 Å². The van der Waals surface area contributed by atoms with Crippen LogP contribution in [0.2, 0.25) is 0 Å². The number of rotatable bonds is 6. The summed E-state index contributed by atoms with van der Waals surface area (Å²) in [6, 6.07) is 18.3. The summed E-state index contributed by atoms with van der Waals surface area (Å²) in [6.45, 7) is 6.42. The average Bonchev–Trinajstić information content (AvgIpc) is 3.17. The van der Waals surface area contributed by atoms with Crippen molar-refractivity contribution in [2.45, 2.75) is 90.3 Å². The van der Waals surface area contributed by atoms with Gasteiger partial charge in [-0.1, -0.05) is 75.9 Å². The standard InChI is InChI=1S/C31H38N4O2/c1-4-22-12-16-24(17-13-22)27-20-28-29(36)35(26-18-14-23(5-2)15-19-26)31(3,21-34(28)33-27)30(37)32-25-10-8-6-7-9-11-25/h12-20,25H,4-11,21H2,1-3H3,(H,32,37)/t31-/m0/s1. The first-order valence-electron chi connectivity index (χ1n) is 13.8. The fourth-order valence-electron chi connectivity index (χ4n) is 5.68. The molecular formula is C31H38N4O2. The summed E-state index contributed by atoms with van der Waals surface area (Å²) >= 11 is 0. The zero-order valence-electron chi connectivity index (χ0n) is 22.3. The zero-order valence-corrected chi connectivity index (χ0v) is 22.3. The van der Waals surface area contributed by atoms with E-state index >= 15 is 0 Å². The summed E-state index contributed by atoms with van der Waals surface area (Å²) in [7, 11) is 0. The maximum atomic E-state index is 14.1.